The second-order valence-corrected chi connectivity index (χ2v) is 2.59. The van der Waals surface area contributed by atoms with Crippen LogP contribution in [-0.2, 0) is 0 Å². The lowest BCUT2D eigenvalue weighted by Gasteiger charge is -2.24. The van der Waals surface area contributed by atoms with Crippen molar-refractivity contribution in [3.63, 3.8) is 0 Å². The van der Waals surface area contributed by atoms with E-state index in [-0.39, 0.29) is 17.0 Å². The fraction of sp³-hybridized carbons (Fsp3) is 1.00. The molecule has 1 aliphatic rings. The van der Waals surface area contributed by atoms with Crippen LogP contribution < -0.4 is 0 Å². The van der Waals surface area contributed by atoms with Gasteiger partial charge in [-0.3, -0.25) is 0 Å². The molecular weight excluding hydrogens is 164 g/mol. The summed E-state index contributed by atoms with van der Waals surface area (Å²) in [7, 11) is 0. The van der Waals surface area contributed by atoms with Gasteiger partial charge in [-0.15, -0.1) is 17.0 Å². The van der Waals surface area contributed by atoms with Gasteiger partial charge in [0.15, 0.2) is 0 Å². The second-order valence-electron chi connectivity index (χ2n) is 2.59. The summed E-state index contributed by atoms with van der Waals surface area (Å²) in [5, 5.41) is 0. The van der Waals surface area contributed by atoms with Gasteiger partial charge in [0.25, 0.3) is 0 Å². The molecule has 0 N–H and O–H groups in total. The Morgan fingerprint density at radius 1 is 1.38 bits per heavy atom. The molecule has 0 atom stereocenters. The quantitative estimate of drug-likeness (QED) is 0.610. The molecule has 1 fully saturated rings. The van der Waals surface area contributed by atoms with E-state index in [1.54, 1.807) is 0 Å². The first-order chi connectivity index (χ1) is 3.43. The molecule has 0 aliphatic heterocycles. The van der Waals surface area contributed by atoms with Crippen LogP contribution in [-0.4, -0.2) is 0 Å². The molecule has 0 bridgehead atoms. The Morgan fingerprint density at radius 3 is 2.12 bits per heavy atom. The van der Waals surface area contributed by atoms with E-state index in [9.17, 15) is 0 Å². The Morgan fingerprint density at radius 2 is 2.00 bits per heavy atom. The fourth-order valence-electron chi connectivity index (χ4n) is 1.19. The summed E-state index contributed by atoms with van der Waals surface area (Å²) in [6.45, 7) is 2.28. The first-order valence-corrected chi connectivity index (χ1v) is 3.43. The van der Waals surface area contributed by atoms with Crippen molar-refractivity contribution in [2.24, 2.45) is 5.92 Å². The van der Waals surface area contributed by atoms with Crippen LogP contribution in [0.15, 0.2) is 0 Å². The standard InChI is InChI=1S/C7H14.BrH/c1-2-4-7-5-3-6-7;/h7H,2-6H2,1H3;1H. The zero-order valence-electron chi connectivity index (χ0n) is 5.52. The van der Waals surface area contributed by atoms with Crippen molar-refractivity contribution >= 4 is 17.0 Å². The highest BCUT2D eigenvalue weighted by molar-refractivity contribution is 8.93. The summed E-state index contributed by atoms with van der Waals surface area (Å²) in [6.07, 6.45) is 7.43. The zero-order valence-corrected chi connectivity index (χ0v) is 7.23. The van der Waals surface area contributed by atoms with Crippen LogP contribution >= 0.6 is 17.0 Å². The summed E-state index contributed by atoms with van der Waals surface area (Å²) in [6, 6.07) is 0. The predicted octanol–water partition coefficient (Wildman–Crippen LogP) is 3.16. The van der Waals surface area contributed by atoms with Gasteiger partial charge in [0.05, 0.1) is 0 Å². The normalized spacial score (nSPS) is 19.1. The van der Waals surface area contributed by atoms with Gasteiger partial charge < -0.3 is 0 Å². The summed E-state index contributed by atoms with van der Waals surface area (Å²) >= 11 is 0. The SMILES string of the molecule is Br.CCCC1CCC1. The largest absolute Gasteiger partial charge is 0.114 e. The summed E-state index contributed by atoms with van der Waals surface area (Å²) < 4.78 is 0. The molecule has 1 saturated carbocycles. The first-order valence-electron chi connectivity index (χ1n) is 3.43. The first kappa shape index (κ1) is 8.48. The van der Waals surface area contributed by atoms with Crippen LogP contribution in [0.3, 0.4) is 0 Å². The van der Waals surface area contributed by atoms with E-state index in [4.69, 9.17) is 0 Å². The van der Waals surface area contributed by atoms with E-state index in [1.807, 2.05) is 0 Å². The predicted molar refractivity (Wildman–Crippen MR) is 42.6 cm³/mol. The van der Waals surface area contributed by atoms with E-state index >= 15 is 0 Å². The zero-order chi connectivity index (χ0) is 5.11. The van der Waals surface area contributed by atoms with E-state index in [2.05, 4.69) is 6.92 Å². The molecule has 0 aromatic carbocycles. The molecular formula is C7H15Br. The van der Waals surface area contributed by atoms with Crippen molar-refractivity contribution in [2.45, 2.75) is 39.0 Å². The molecule has 0 nitrogen and oxygen atoms in total. The fourth-order valence-corrected chi connectivity index (χ4v) is 1.19. The Bertz CT molecular complexity index is 48.3. The number of hydrogen-bond acceptors (Lipinski definition) is 0. The number of hydrogen-bond donors (Lipinski definition) is 0. The highest BCUT2D eigenvalue weighted by Gasteiger charge is 2.14. The molecule has 0 heterocycles. The number of rotatable bonds is 2. The molecule has 1 aliphatic carbocycles. The molecule has 0 radical (unpaired) electrons. The minimum Gasteiger partial charge on any atom is -0.114 e. The molecule has 1 rings (SSSR count). The van der Waals surface area contributed by atoms with Crippen LogP contribution in [0.1, 0.15) is 39.0 Å². The maximum absolute atomic E-state index is 2.28. The van der Waals surface area contributed by atoms with Gasteiger partial charge in [0.1, 0.15) is 0 Å². The molecule has 0 unspecified atom stereocenters. The summed E-state index contributed by atoms with van der Waals surface area (Å²) in [4.78, 5) is 0. The molecule has 0 aromatic rings. The van der Waals surface area contributed by atoms with Gasteiger partial charge in [-0.05, 0) is 5.92 Å². The third kappa shape index (κ3) is 2.17. The molecule has 0 spiro atoms. The monoisotopic (exact) mass is 178 g/mol. The minimum atomic E-state index is 0. The average molecular weight is 179 g/mol. The second kappa shape index (κ2) is 4.37. The van der Waals surface area contributed by atoms with Crippen molar-refractivity contribution in [3.05, 3.63) is 0 Å². The van der Waals surface area contributed by atoms with E-state index in [0.717, 1.165) is 5.92 Å². The molecule has 0 amide bonds. The molecule has 0 aromatic heterocycles. The van der Waals surface area contributed by atoms with Crippen molar-refractivity contribution in [1.82, 2.24) is 0 Å². The van der Waals surface area contributed by atoms with E-state index < -0.39 is 0 Å². The van der Waals surface area contributed by atoms with Gasteiger partial charge >= 0.3 is 0 Å². The Kier molecular flexibility index (Phi) is 4.63. The van der Waals surface area contributed by atoms with Crippen LogP contribution in [0.2, 0.25) is 0 Å². The van der Waals surface area contributed by atoms with Gasteiger partial charge in [0, 0.05) is 0 Å². The van der Waals surface area contributed by atoms with Crippen molar-refractivity contribution in [3.8, 4) is 0 Å². The van der Waals surface area contributed by atoms with Crippen molar-refractivity contribution in [1.29, 1.82) is 0 Å². The third-order valence-corrected chi connectivity index (χ3v) is 1.92. The van der Waals surface area contributed by atoms with Crippen LogP contribution in [0.5, 0.6) is 0 Å². The lowest BCUT2D eigenvalue weighted by atomic mass is 9.82. The Labute approximate surface area is 62.4 Å². The van der Waals surface area contributed by atoms with Crippen LogP contribution in [0.4, 0.5) is 0 Å². The lowest BCUT2D eigenvalue weighted by Crippen LogP contribution is -2.09. The molecule has 0 saturated heterocycles. The average Bonchev–Trinajstić information content (AvgIpc) is 1.55. The van der Waals surface area contributed by atoms with Gasteiger partial charge in [-0.2, -0.15) is 0 Å². The van der Waals surface area contributed by atoms with E-state index in [0.29, 0.717) is 0 Å². The molecule has 8 heavy (non-hydrogen) atoms. The highest BCUT2D eigenvalue weighted by atomic mass is 79.9. The van der Waals surface area contributed by atoms with Crippen LogP contribution in [0, 0.1) is 5.92 Å². The maximum Gasteiger partial charge on any atom is -0.0414 e. The smallest absolute Gasteiger partial charge is 0.0414 e. The van der Waals surface area contributed by atoms with Gasteiger partial charge in [0.2, 0.25) is 0 Å². The summed E-state index contributed by atoms with van der Waals surface area (Å²) in [5.74, 6) is 1.13. The number of halogens is 1. The third-order valence-electron chi connectivity index (χ3n) is 1.92. The van der Waals surface area contributed by atoms with Crippen LogP contribution in [0.25, 0.3) is 0 Å². The van der Waals surface area contributed by atoms with Crippen molar-refractivity contribution < 1.29 is 0 Å². The maximum atomic E-state index is 2.28. The summed E-state index contributed by atoms with van der Waals surface area (Å²) in [5.41, 5.74) is 0. The Hall–Kier alpha value is 0.480. The Balaban J connectivity index is 0.000000490. The molecule has 50 valence electrons. The highest BCUT2D eigenvalue weighted by Crippen LogP contribution is 2.29. The molecule has 1 heteroatoms. The van der Waals surface area contributed by atoms with E-state index in [1.165, 1.54) is 32.1 Å². The topological polar surface area (TPSA) is 0 Å². The van der Waals surface area contributed by atoms with Crippen molar-refractivity contribution in [2.75, 3.05) is 0 Å². The lowest BCUT2D eigenvalue weighted by molar-refractivity contribution is 0.294. The van der Waals surface area contributed by atoms with Gasteiger partial charge in [-0.25, -0.2) is 0 Å². The van der Waals surface area contributed by atoms with Gasteiger partial charge in [-0.1, -0.05) is 39.0 Å². The minimum absolute atomic E-state index is 0.